The molecule has 26 heavy (non-hydrogen) atoms. The van der Waals surface area contributed by atoms with Gasteiger partial charge in [0.2, 0.25) is 0 Å². The second-order valence-electron chi connectivity index (χ2n) is 7.63. The van der Waals surface area contributed by atoms with Crippen LogP contribution in [0.15, 0.2) is 12.7 Å². The zero-order valence-corrected chi connectivity index (χ0v) is 16.7. The van der Waals surface area contributed by atoms with E-state index >= 15 is 0 Å². The number of aliphatic hydroxyl groups excluding tert-OH is 2. The monoisotopic (exact) mass is 372 g/mol. The van der Waals surface area contributed by atoms with Gasteiger partial charge in [-0.05, 0) is 19.8 Å². The normalized spacial score (nSPS) is 46.9. The molecule has 0 aromatic rings. The molecule has 10 atom stereocenters. The van der Waals surface area contributed by atoms with Gasteiger partial charge in [-0.15, -0.1) is 6.58 Å². The fourth-order valence-electron chi connectivity index (χ4n) is 4.16. The molecule has 0 saturated carbocycles. The van der Waals surface area contributed by atoms with E-state index in [1.807, 2.05) is 27.7 Å². The van der Waals surface area contributed by atoms with Gasteiger partial charge in [0.15, 0.2) is 6.29 Å². The van der Waals surface area contributed by atoms with Crippen molar-refractivity contribution in [3.63, 3.8) is 0 Å². The zero-order chi connectivity index (χ0) is 19.4. The first-order valence-corrected chi connectivity index (χ1v) is 9.90. The van der Waals surface area contributed by atoms with E-state index in [0.29, 0.717) is 6.61 Å². The number of ether oxygens (including phenoxy) is 4. The molecule has 0 radical (unpaired) electrons. The van der Waals surface area contributed by atoms with Crippen LogP contribution in [0.3, 0.4) is 0 Å². The zero-order valence-electron chi connectivity index (χ0n) is 16.7. The minimum Gasteiger partial charge on any atom is -0.388 e. The van der Waals surface area contributed by atoms with Crippen LogP contribution < -0.4 is 0 Å². The van der Waals surface area contributed by atoms with E-state index in [4.69, 9.17) is 18.9 Å². The molecule has 0 amide bonds. The quantitative estimate of drug-likeness (QED) is 0.668. The molecule has 6 heteroatoms. The van der Waals surface area contributed by atoms with Crippen molar-refractivity contribution in [2.45, 2.75) is 96.5 Å². The molecular formula is C20H36O6. The summed E-state index contributed by atoms with van der Waals surface area (Å²) in [5.41, 5.74) is 0. The molecule has 2 fully saturated rings. The van der Waals surface area contributed by atoms with Crippen molar-refractivity contribution in [2.24, 2.45) is 11.8 Å². The van der Waals surface area contributed by atoms with Gasteiger partial charge in [0, 0.05) is 11.8 Å². The molecule has 152 valence electrons. The van der Waals surface area contributed by atoms with Crippen LogP contribution >= 0.6 is 0 Å². The van der Waals surface area contributed by atoms with Gasteiger partial charge in [-0.25, -0.2) is 0 Å². The average molecular weight is 373 g/mol. The SMILES string of the molecule is C=CCO[C@@H]1C(O)[C@H](O[C@@H]2C(O)[C@H](C)OC(CC)[C@@H]2C)OC(CC)[C@@H]1C. The fourth-order valence-corrected chi connectivity index (χ4v) is 4.16. The number of aliphatic hydroxyl groups is 2. The third-order valence-electron chi connectivity index (χ3n) is 5.84. The van der Waals surface area contributed by atoms with Crippen LogP contribution in [0.25, 0.3) is 0 Å². The minimum atomic E-state index is -0.926. The Labute approximate surface area is 157 Å². The first kappa shape index (κ1) is 21.8. The van der Waals surface area contributed by atoms with Gasteiger partial charge in [-0.2, -0.15) is 0 Å². The average Bonchev–Trinajstić information content (AvgIpc) is 2.63. The van der Waals surface area contributed by atoms with E-state index in [9.17, 15) is 10.2 Å². The Morgan fingerprint density at radius 3 is 2.08 bits per heavy atom. The van der Waals surface area contributed by atoms with E-state index in [2.05, 4.69) is 13.5 Å². The molecule has 2 rings (SSSR count). The number of rotatable bonds is 7. The Morgan fingerprint density at radius 2 is 1.50 bits per heavy atom. The Morgan fingerprint density at radius 1 is 0.923 bits per heavy atom. The van der Waals surface area contributed by atoms with E-state index in [0.717, 1.165) is 12.8 Å². The maximum atomic E-state index is 10.8. The predicted octanol–water partition coefficient (Wildman–Crippen LogP) is 2.27. The maximum absolute atomic E-state index is 10.8. The van der Waals surface area contributed by atoms with Gasteiger partial charge in [0.25, 0.3) is 0 Å². The van der Waals surface area contributed by atoms with Gasteiger partial charge < -0.3 is 29.2 Å². The van der Waals surface area contributed by atoms with Crippen molar-refractivity contribution in [1.29, 1.82) is 0 Å². The number of hydrogen-bond acceptors (Lipinski definition) is 6. The van der Waals surface area contributed by atoms with Crippen molar-refractivity contribution < 1.29 is 29.2 Å². The third kappa shape index (κ3) is 4.49. The van der Waals surface area contributed by atoms with Crippen LogP contribution in [-0.2, 0) is 18.9 Å². The van der Waals surface area contributed by atoms with Gasteiger partial charge in [0.1, 0.15) is 12.2 Å². The molecule has 2 aliphatic heterocycles. The highest BCUT2D eigenvalue weighted by atomic mass is 16.7. The molecular weight excluding hydrogens is 336 g/mol. The van der Waals surface area contributed by atoms with Gasteiger partial charge in [0.05, 0.1) is 37.1 Å². The Bertz CT molecular complexity index is 444. The molecule has 6 nitrogen and oxygen atoms in total. The summed E-state index contributed by atoms with van der Waals surface area (Å²) in [6.45, 7) is 14.0. The molecule has 2 N–H and O–H groups in total. The van der Waals surface area contributed by atoms with Gasteiger partial charge >= 0.3 is 0 Å². The van der Waals surface area contributed by atoms with Crippen LogP contribution in [-0.4, -0.2) is 65.8 Å². The van der Waals surface area contributed by atoms with Gasteiger partial charge in [-0.3, -0.25) is 0 Å². The van der Waals surface area contributed by atoms with Crippen molar-refractivity contribution in [2.75, 3.05) is 6.61 Å². The standard InChI is InChI=1S/C20H36O6/c1-7-10-23-18-11(4)15(9-3)25-20(17(18)22)26-19-12(5)14(8-2)24-13(6)16(19)21/h7,11-22H,1,8-10H2,2-6H3/t11-,12-,13-,14?,15?,16?,17?,18-,19-,20-/m0/s1. The largest absolute Gasteiger partial charge is 0.388 e. The summed E-state index contributed by atoms with van der Waals surface area (Å²) in [7, 11) is 0. The molecule has 0 aliphatic carbocycles. The second-order valence-corrected chi connectivity index (χ2v) is 7.63. The summed E-state index contributed by atoms with van der Waals surface area (Å²) >= 11 is 0. The van der Waals surface area contributed by atoms with Gasteiger partial charge in [-0.1, -0.05) is 33.8 Å². The van der Waals surface area contributed by atoms with E-state index < -0.39 is 30.7 Å². The maximum Gasteiger partial charge on any atom is 0.186 e. The topological polar surface area (TPSA) is 77.4 Å². The van der Waals surface area contributed by atoms with Crippen LogP contribution in [0.4, 0.5) is 0 Å². The minimum absolute atomic E-state index is 0.00558. The lowest BCUT2D eigenvalue weighted by Gasteiger charge is -2.48. The highest BCUT2D eigenvalue weighted by molar-refractivity contribution is 4.93. The summed E-state index contributed by atoms with van der Waals surface area (Å²) in [6.07, 6.45) is -0.486. The summed E-state index contributed by atoms with van der Waals surface area (Å²) in [5.74, 6) is 0.0307. The molecule has 0 bridgehead atoms. The molecule has 2 saturated heterocycles. The van der Waals surface area contributed by atoms with Crippen molar-refractivity contribution in [3.8, 4) is 0 Å². The number of hydrogen-bond donors (Lipinski definition) is 2. The molecule has 0 aromatic carbocycles. The molecule has 2 aliphatic rings. The first-order chi connectivity index (χ1) is 12.3. The van der Waals surface area contributed by atoms with Crippen LogP contribution in [0.5, 0.6) is 0 Å². The Hall–Kier alpha value is -0.500. The fraction of sp³-hybridized carbons (Fsp3) is 0.900. The van der Waals surface area contributed by atoms with Crippen LogP contribution in [0.1, 0.15) is 47.5 Å². The van der Waals surface area contributed by atoms with Crippen molar-refractivity contribution in [3.05, 3.63) is 12.7 Å². The van der Waals surface area contributed by atoms with Crippen LogP contribution in [0, 0.1) is 11.8 Å². The summed E-state index contributed by atoms with van der Waals surface area (Å²) in [6, 6.07) is 0. The summed E-state index contributed by atoms with van der Waals surface area (Å²) in [4.78, 5) is 0. The van der Waals surface area contributed by atoms with Crippen LogP contribution in [0.2, 0.25) is 0 Å². The van der Waals surface area contributed by atoms with Crippen molar-refractivity contribution in [1.82, 2.24) is 0 Å². The molecule has 0 spiro atoms. The smallest absolute Gasteiger partial charge is 0.186 e. The Balaban J connectivity index is 2.15. The van der Waals surface area contributed by atoms with E-state index in [1.165, 1.54) is 0 Å². The lowest BCUT2D eigenvalue weighted by Crippen LogP contribution is -2.60. The third-order valence-corrected chi connectivity index (χ3v) is 5.84. The Kier molecular flexibility index (Phi) is 8.07. The lowest BCUT2D eigenvalue weighted by molar-refractivity contribution is -0.327. The summed E-state index contributed by atoms with van der Waals surface area (Å²) < 4.78 is 23.9. The molecule has 4 unspecified atom stereocenters. The predicted molar refractivity (Wildman–Crippen MR) is 98.7 cm³/mol. The lowest BCUT2D eigenvalue weighted by atomic mass is 9.86. The highest BCUT2D eigenvalue weighted by Crippen LogP contribution is 2.35. The molecule has 2 heterocycles. The molecule has 0 aromatic heterocycles. The van der Waals surface area contributed by atoms with E-state index in [-0.39, 0.29) is 30.1 Å². The second kappa shape index (κ2) is 9.62. The van der Waals surface area contributed by atoms with E-state index in [1.54, 1.807) is 6.08 Å². The van der Waals surface area contributed by atoms with Crippen molar-refractivity contribution >= 4 is 0 Å². The first-order valence-electron chi connectivity index (χ1n) is 9.90. The highest BCUT2D eigenvalue weighted by Gasteiger charge is 2.48. The summed E-state index contributed by atoms with van der Waals surface area (Å²) in [5, 5.41) is 21.4.